The van der Waals surface area contributed by atoms with E-state index in [0.29, 0.717) is 23.1 Å². The van der Waals surface area contributed by atoms with Crippen molar-refractivity contribution in [1.29, 1.82) is 0 Å². The van der Waals surface area contributed by atoms with E-state index in [-0.39, 0.29) is 23.3 Å². The van der Waals surface area contributed by atoms with Gasteiger partial charge in [0.2, 0.25) is 21.9 Å². The predicted molar refractivity (Wildman–Crippen MR) is 133 cm³/mol. The molecule has 0 saturated carbocycles. The summed E-state index contributed by atoms with van der Waals surface area (Å²) < 4.78 is 59.9. The second-order valence-electron chi connectivity index (χ2n) is 7.82. The number of aliphatic hydroxyl groups is 1. The SMILES string of the molecule is COc1cccc(-c2nnc(NS(=O)(=O)[C@H](C)[C@H](O)c3ncc(F)cn3)n2-c2c(OC)cccc2OC)n1. The van der Waals surface area contributed by atoms with Crippen molar-refractivity contribution in [1.82, 2.24) is 29.7 Å². The first kappa shape index (κ1) is 26.7. The Morgan fingerprint density at radius 3 is 2.21 bits per heavy atom. The summed E-state index contributed by atoms with van der Waals surface area (Å²) in [7, 11) is -0.00737. The van der Waals surface area contributed by atoms with Crippen molar-refractivity contribution in [3.63, 3.8) is 0 Å². The Bertz CT molecular complexity index is 1510. The topological polar surface area (TPSA) is 163 Å². The van der Waals surface area contributed by atoms with Crippen LogP contribution in [0.2, 0.25) is 0 Å². The van der Waals surface area contributed by atoms with Crippen LogP contribution in [0.5, 0.6) is 17.4 Å². The number of aromatic nitrogens is 6. The number of para-hydroxylation sites is 1. The van der Waals surface area contributed by atoms with Crippen LogP contribution in [-0.4, -0.2) is 69.8 Å². The number of ether oxygens (including phenoxy) is 3. The van der Waals surface area contributed by atoms with E-state index in [1.807, 2.05) is 0 Å². The Morgan fingerprint density at radius 2 is 1.61 bits per heavy atom. The molecule has 15 heteroatoms. The van der Waals surface area contributed by atoms with Crippen LogP contribution in [0.1, 0.15) is 18.9 Å². The minimum Gasteiger partial charge on any atom is -0.494 e. The standard InChI is InChI=1S/C23H24FN7O6S/c1-13(20(32)21-25-11-14(24)12-26-21)38(33,34)30-23-29-28-22(15-7-5-10-18(27-15)37-4)31(23)19-16(35-2)8-6-9-17(19)36-3/h5-13,20,32H,1-4H3,(H,29,30)/t13-,20+/m1/s1. The lowest BCUT2D eigenvalue weighted by Crippen LogP contribution is -2.32. The number of hydrogen-bond donors (Lipinski definition) is 2. The van der Waals surface area contributed by atoms with Crippen LogP contribution in [0.15, 0.2) is 48.8 Å². The van der Waals surface area contributed by atoms with Gasteiger partial charge in [-0.1, -0.05) is 12.1 Å². The van der Waals surface area contributed by atoms with Crippen molar-refractivity contribution < 1.29 is 32.1 Å². The van der Waals surface area contributed by atoms with Crippen LogP contribution in [0.4, 0.5) is 10.3 Å². The van der Waals surface area contributed by atoms with Crippen LogP contribution < -0.4 is 18.9 Å². The third kappa shape index (κ3) is 5.19. The van der Waals surface area contributed by atoms with Gasteiger partial charge in [-0.15, -0.1) is 10.2 Å². The van der Waals surface area contributed by atoms with Gasteiger partial charge in [0, 0.05) is 6.07 Å². The van der Waals surface area contributed by atoms with E-state index in [9.17, 15) is 17.9 Å². The highest BCUT2D eigenvalue weighted by atomic mass is 32.2. The zero-order valence-electron chi connectivity index (χ0n) is 20.7. The van der Waals surface area contributed by atoms with Crippen molar-refractivity contribution >= 4 is 16.0 Å². The molecule has 0 saturated heterocycles. The molecule has 2 N–H and O–H groups in total. The fourth-order valence-electron chi connectivity index (χ4n) is 3.51. The number of anilines is 1. The van der Waals surface area contributed by atoms with Crippen molar-refractivity contribution in [2.45, 2.75) is 18.3 Å². The zero-order valence-corrected chi connectivity index (χ0v) is 21.5. The highest BCUT2D eigenvalue weighted by Gasteiger charge is 2.34. The first-order valence-corrected chi connectivity index (χ1v) is 12.6. The summed E-state index contributed by atoms with van der Waals surface area (Å²) in [5.41, 5.74) is 0.595. The van der Waals surface area contributed by atoms with Crippen molar-refractivity contribution in [2.75, 3.05) is 26.1 Å². The van der Waals surface area contributed by atoms with E-state index in [4.69, 9.17) is 14.2 Å². The molecule has 0 unspecified atom stereocenters. The van der Waals surface area contributed by atoms with Gasteiger partial charge in [0.15, 0.2) is 17.5 Å². The highest BCUT2D eigenvalue weighted by Crippen LogP contribution is 2.38. The molecule has 0 radical (unpaired) electrons. The first-order valence-electron chi connectivity index (χ1n) is 11.1. The fraction of sp³-hybridized carbons (Fsp3) is 0.261. The Hall–Kier alpha value is -4.37. The van der Waals surface area contributed by atoms with Crippen LogP contribution in [-0.2, 0) is 10.0 Å². The van der Waals surface area contributed by atoms with E-state index < -0.39 is 27.2 Å². The molecular formula is C23H24FN7O6S. The second kappa shape index (κ2) is 10.9. The second-order valence-corrected chi connectivity index (χ2v) is 9.85. The van der Waals surface area contributed by atoms with Crippen LogP contribution >= 0.6 is 0 Å². The van der Waals surface area contributed by atoms with Gasteiger partial charge >= 0.3 is 0 Å². The summed E-state index contributed by atoms with van der Waals surface area (Å²) in [6.07, 6.45) is -0.0168. The van der Waals surface area contributed by atoms with E-state index in [1.54, 1.807) is 36.4 Å². The van der Waals surface area contributed by atoms with Gasteiger partial charge in [-0.25, -0.2) is 27.8 Å². The summed E-state index contributed by atoms with van der Waals surface area (Å²) in [6.45, 7) is 1.24. The molecule has 13 nitrogen and oxygen atoms in total. The van der Waals surface area contributed by atoms with E-state index in [1.165, 1.54) is 32.8 Å². The molecule has 3 heterocycles. The van der Waals surface area contributed by atoms with Crippen molar-refractivity contribution in [3.05, 3.63) is 60.4 Å². The molecule has 4 aromatic rings. The zero-order chi connectivity index (χ0) is 27.4. The van der Waals surface area contributed by atoms with Gasteiger partial charge in [0.05, 0.1) is 33.7 Å². The first-order chi connectivity index (χ1) is 18.2. The smallest absolute Gasteiger partial charge is 0.243 e. The minimum atomic E-state index is -4.35. The van der Waals surface area contributed by atoms with Gasteiger partial charge in [0.25, 0.3) is 0 Å². The van der Waals surface area contributed by atoms with E-state index in [2.05, 4.69) is 29.9 Å². The van der Waals surface area contributed by atoms with Gasteiger partial charge in [-0.05, 0) is 25.1 Å². The summed E-state index contributed by atoms with van der Waals surface area (Å²) in [5, 5.41) is 17.4. The summed E-state index contributed by atoms with van der Waals surface area (Å²) in [4.78, 5) is 11.7. The Kier molecular flexibility index (Phi) is 7.68. The van der Waals surface area contributed by atoms with E-state index >= 15 is 0 Å². The number of pyridine rings is 1. The number of nitrogens with one attached hydrogen (secondary N) is 1. The van der Waals surface area contributed by atoms with Crippen LogP contribution in [0.3, 0.4) is 0 Å². The monoisotopic (exact) mass is 545 g/mol. The quantitative estimate of drug-likeness (QED) is 0.300. The molecular weight excluding hydrogens is 521 g/mol. The molecule has 4 rings (SSSR count). The Balaban J connectivity index is 1.84. The van der Waals surface area contributed by atoms with Gasteiger partial charge in [-0.3, -0.25) is 9.29 Å². The lowest BCUT2D eigenvalue weighted by molar-refractivity contribution is 0.166. The summed E-state index contributed by atoms with van der Waals surface area (Å²) >= 11 is 0. The summed E-state index contributed by atoms with van der Waals surface area (Å²) in [6, 6.07) is 9.96. The minimum absolute atomic E-state index is 0.138. The summed E-state index contributed by atoms with van der Waals surface area (Å²) in [5.74, 6) is -0.165. The predicted octanol–water partition coefficient (Wildman–Crippen LogP) is 2.15. The number of rotatable bonds is 10. The number of methoxy groups -OCH3 is 3. The number of nitrogens with zero attached hydrogens (tertiary/aromatic N) is 6. The lowest BCUT2D eigenvalue weighted by atomic mass is 10.2. The molecule has 0 amide bonds. The number of sulfonamides is 1. The molecule has 38 heavy (non-hydrogen) atoms. The van der Waals surface area contributed by atoms with Gasteiger partial charge in [0.1, 0.15) is 34.2 Å². The molecule has 200 valence electrons. The van der Waals surface area contributed by atoms with Crippen LogP contribution in [0, 0.1) is 5.82 Å². The normalized spacial score (nSPS) is 13.0. The van der Waals surface area contributed by atoms with Gasteiger partial charge < -0.3 is 19.3 Å². The van der Waals surface area contributed by atoms with Gasteiger partial charge in [-0.2, -0.15) is 0 Å². The number of benzene rings is 1. The van der Waals surface area contributed by atoms with Crippen LogP contribution in [0.25, 0.3) is 17.2 Å². The Morgan fingerprint density at radius 1 is 0.974 bits per heavy atom. The maximum Gasteiger partial charge on any atom is 0.243 e. The largest absolute Gasteiger partial charge is 0.494 e. The average Bonchev–Trinajstić information content (AvgIpc) is 3.34. The van der Waals surface area contributed by atoms with Crippen molar-refractivity contribution in [3.8, 4) is 34.6 Å². The molecule has 1 aromatic carbocycles. The molecule has 0 aliphatic carbocycles. The third-order valence-corrected chi connectivity index (χ3v) is 7.23. The molecule has 0 aliphatic heterocycles. The lowest BCUT2D eigenvalue weighted by Gasteiger charge is -2.20. The number of halogens is 1. The molecule has 0 spiro atoms. The number of hydrogen-bond acceptors (Lipinski definition) is 11. The maximum atomic E-state index is 13.3. The maximum absolute atomic E-state index is 13.3. The molecule has 2 atom stereocenters. The highest BCUT2D eigenvalue weighted by molar-refractivity contribution is 7.93. The van der Waals surface area contributed by atoms with Crippen molar-refractivity contribution in [2.24, 2.45) is 0 Å². The molecule has 0 aliphatic rings. The average molecular weight is 546 g/mol. The molecule has 3 aromatic heterocycles. The molecule has 0 bridgehead atoms. The fourth-order valence-corrected chi connectivity index (χ4v) is 4.54. The Labute approximate surface area is 217 Å². The number of aliphatic hydroxyl groups excluding tert-OH is 1. The van der Waals surface area contributed by atoms with E-state index in [0.717, 1.165) is 12.4 Å². The third-order valence-electron chi connectivity index (χ3n) is 5.52. The molecule has 0 fully saturated rings.